The van der Waals surface area contributed by atoms with Gasteiger partial charge in [-0.2, -0.15) is 0 Å². The van der Waals surface area contributed by atoms with Crippen molar-refractivity contribution in [3.05, 3.63) is 58.6 Å². The van der Waals surface area contributed by atoms with Gasteiger partial charge in [0.05, 0.1) is 18.2 Å². The Bertz CT molecular complexity index is 570. The fourth-order valence-corrected chi connectivity index (χ4v) is 2.24. The number of rotatable bonds is 7. The Morgan fingerprint density at radius 2 is 1.76 bits per heavy atom. The topological polar surface area (TPSA) is 30.5 Å². The number of halogens is 1. The minimum atomic E-state index is 0.611. The second-order valence-electron chi connectivity index (χ2n) is 4.68. The molecule has 2 aromatic rings. The van der Waals surface area contributed by atoms with Crippen LogP contribution in [0, 0.1) is 0 Å². The van der Waals surface area contributed by atoms with Gasteiger partial charge in [0.25, 0.3) is 0 Å². The summed E-state index contributed by atoms with van der Waals surface area (Å²) in [5.74, 6) is 0.716. The standard InChI is InChI=1S/C17H20ClNO2/c1-3-21-17-9-8-15(10-16(17)18)19-11-13-4-6-14(7-5-13)12-20-2/h4-10,19H,3,11-12H2,1-2H3. The third-order valence-electron chi connectivity index (χ3n) is 3.06. The van der Waals surface area contributed by atoms with Gasteiger partial charge < -0.3 is 14.8 Å². The molecule has 0 unspecified atom stereocenters. The van der Waals surface area contributed by atoms with E-state index in [1.54, 1.807) is 7.11 Å². The van der Waals surface area contributed by atoms with E-state index in [9.17, 15) is 0 Å². The van der Waals surface area contributed by atoms with E-state index < -0.39 is 0 Å². The van der Waals surface area contributed by atoms with Crippen LogP contribution in [0.1, 0.15) is 18.1 Å². The van der Waals surface area contributed by atoms with Crippen molar-refractivity contribution in [3.63, 3.8) is 0 Å². The van der Waals surface area contributed by atoms with Crippen LogP contribution >= 0.6 is 11.6 Å². The fraction of sp³-hybridized carbons (Fsp3) is 0.294. The summed E-state index contributed by atoms with van der Waals surface area (Å²) in [4.78, 5) is 0. The van der Waals surface area contributed by atoms with Crippen LogP contribution in [-0.4, -0.2) is 13.7 Å². The molecule has 0 heterocycles. The van der Waals surface area contributed by atoms with E-state index in [1.807, 2.05) is 25.1 Å². The molecule has 0 atom stereocenters. The number of nitrogens with one attached hydrogen (secondary N) is 1. The van der Waals surface area contributed by atoms with Crippen molar-refractivity contribution >= 4 is 17.3 Å². The van der Waals surface area contributed by atoms with E-state index in [0.717, 1.165) is 12.2 Å². The lowest BCUT2D eigenvalue weighted by molar-refractivity contribution is 0.185. The van der Waals surface area contributed by atoms with Gasteiger partial charge in [0.2, 0.25) is 0 Å². The van der Waals surface area contributed by atoms with Crippen molar-refractivity contribution in [2.75, 3.05) is 19.0 Å². The van der Waals surface area contributed by atoms with E-state index >= 15 is 0 Å². The molecule has 21 heavy (non-hydrogen) atoms. The average molecular weight is 306 g/mol. The Morgan fingerprint density at radius 3 is 2.38 bits per heavy atom. The normalized spacial score (nSPS) is 10.4. The van der Waals surface area contributed by atoms with Crippen molar-refractivity contribution in [1.82, 2.24) is 0 Å². The summed E-state index contributed by atoms with van der Waals surface area (Å²) in [6.45, 7) is 3.94. The van der Waals surface area contributed by atoms with Gasteiger partial charge >= 0.3 is 0 Å². The minimum Gasteiger partial charge on any atom is -0.492 e. The first kappa shape index (κ1) is 15.7. The second kappa shape index (κ2) is 7.91. The van der Waals surface area contributed by atoms with E-state index in [-0.39, 0.29) is 0 Å². The molecule has 0 radical (unpaired) electrons. The molecule has 0 aromatic heterocycles. The van der Waals surface area contributed by atoms with Crippen molar-refractivity contribution in [3.8, 4) is 5.75 Å². The molecule has 0 aliphatic rings. The van der Waals surface area contributed by atoms with Crippen LogP contribution in [0.3, 0.4) is 0 Å². The summed E-state index contributed by atoms with van der Waals surface area (Å²) < 4.78 is 10.5. The molecule has 4 heteroatoms. The highest BCUT2D eigenvalue weighted by Crippen LogP contribution is 2.27. The third kappa shape index (κ3) is 4.66. The van der Waals surface area contributed by atoms with Gasteiger partial charge in [-0.25, -0.2) is 0 Å². The molecule has 0 fully saturated rings. The maximum Gasteiger partial charge on any atom is 0.138 e. The van der Waals surface area contributed by atoms with Crippen LogP contribution < -0.4 is 10.1 Å². The van der Waals surface area contributed by atoms with Crippen molar-refractivity contribution in [2.24, 2.45) is 0 Å². The summed E-state index contributed by atoms with van der Waals surface area (Å²) in [5.41, 5.74) is 3.36. The molecule has 0 saturated carbocycles. The molecular formula is C17H20ClNO2. The highest BCUT2D eigenvalue weighted by atomic mass is 35.5. The van der Waals surface area contributed by atoms with Crippen LogP contribution in [0.4, 0.5) is 5.69 Å². The van der Waals surface area contributed by atoms with Gasteiger partial charge in [0.15, 0.2) is 0 Å². The van der Waals surface area contributed by atoms with E-state index in [4.69, 9.17) is 21.1 Å². The minimum absolute atomic E-state index is 0.611. The molecule has 0 aliphatic heterocycles. The zero-order valence-electron chi connectivity index (χ0n) is 12.4. The fourth-order valence-electron chi connectivity index (χ4n) is 2.01. The highest BCUT2D eigenvalue weighted by Gasteiger charge is 2.02. The molecule has 0 spiro atoms. The Labute approximate surface area is 130 Å². The van der Waals surface area contributed by atoms with Gasteiger partial charge in [-0.15, -0.1) is 0 Å². The first-order chi connectivity index (χ1) is 10.2. The lowest BCUT2D eigenvalue weighted by atomic mass is 10.1. The van der Waals surface area contributed by atoms with Crippen LogP contribution in [0.25, 0.3) is 0 Å². The molecule has 0 aliphatic carbocycles. The molecule has 0 bridgehead atoms. The van der Waals surface area contributed by atoms with Gasteiger partial charge in [-0.3, -0.25) is 0 Å². The smallest absolute Gasteiger partial charge is 0.138 e. The molecule has 1 N–H and O–H groups in total. The van der Waals surface area contributed by atoms with Gasteiger partial charge in [0.1, 0.15) is 5.75 Å². The van der Waals surface area contributed by atoms with E-state index in [1.165, 1.54) is 11.1 Å². The maximum atomic E-state index is 6.17. The Morgan fingerprint density at radius 1 is 1.05 bits per heavy atom. The molecule has 0 amide bonds. The lowest BCUT2D eigenvalue weighted by Crippen LogP contribution is -2.00. The first-order valence-corrected chi connectivity index (χ1v) is 7.33. The maximum absolute atomic E-state index is 6.17. The summed E-state index contributed by atoms with van der Waals surface area (Å²) in [6, 6.07) is 14.1. The molecule has 2 rings (SSSR count). The molecule has 2 aromatic carbocycles. The van der Waals surface area contributed by atoms with Gasteiger partial charge in [-0.05, 0) is 36.2 Å². The van der Waals surface area contributed by atoms with Crippen LogP contribution in [0.2, 0.25) is 5.02 Å². The number of benzene rings is 2. The first-order valence-electron chi connectivity index (χ1n) is 6.96. The summed E-state index contributed by atoms with van der Waals surface area (Å²) in [5, 5.41) is 3.97. The monoisotopic (exact) mass is 305 g/mol. The summed E-state index contributed by atoms with van der Waals surface area (Å²) in [6.07, 6.45) is 0. The van der Waals surface area contributed by atoms with Crippen LogP contribution in [0.15, 0.2) is 42.5 Å². The second-order valence-corrected chi connectivity index (χ2v) is 5.09. The third-order valence-corrected chi connectivity index (χ3v) is 3.36. The van der Waals surface area contributed by atoms with Crippen LogP contribution in [0.5, 0.6) is 5.75 Å². The summed E-state index contributed by atoms with van der Waals surface area (Å²) >= 11 is 6.17. The predicted molar refractivity (Wildman–Crippen MR) is 87.1 cm³/mol. The van der Waals surface area contributed by atoms with Gasteiger partial charge in [0, 0.05) is 19.3 Å². The quantitative estimate of drug-likeness (QED) is 0.817. The Balaban J connectivity index is 1.94. The zero-order valence-corrected chi connectivity index (χ0v) is 13.1. The predicted octanol–water partition coefficient (Wildman–Crippen LogP) is 4.50. The molecule has 3 nitrogen and oxygen atoms in total. The largest absolute Gasteiger partial charge is 0.492 e. The summed E-state index contributed by atoms with van der Waals surface area (Å²) in [7, 11) is 1.70. The highest BCUT2D eigenvalue weighted by molar-refractivity contribution is 6.32. The molecular weight excluding hydrogens is 286 g/mol. The number of methoxy groups -OCH3 is 1. The number of hydrogen-bond acceptors (Lipinski definition) is 3. The van der Waals surface area contributed by atoms with Crippen molar-refractivity contribution in [2.45, 2.75) is 20.1 Å². The number of ether oxygens (including phenoxy) is 2. The van der Waals surface area contributed by atoms with Crippen molar-refractivity contribution in [1.29, 1.82) is 0 Å². The Kier molecular flexibility index (Phi) is 5.90. The lowest BCUT2D eigenvalue weighted by Gasteiger charge is -2.10. The SMILES string of the molecule is CCOc1ccc(NCc2ccc(COC)cc2)cc1Cl. The number of hydrogen-bond donors (Lipinski definition) is 1. The van der Waals surface area contributed by atoms with Gasteiger partial charge in [-0.1, -0.05) is 35.9 Å². The Hall–Kier alpha value is -1.71. The van der Waals surface area contributed by atoms with Crippen molar-refractivity contribution < 1.29 is 9.47 Å². The number of anilines is 1. The van der Waals surface area contributed by atoms with E-state index in [2.05, 4.69) is 29.6 Å². The zero-order chi connectivity index (χ0) is 15.1. The van der Waals surface area contributed by atoms with E-state index in [0.29, 0.717) is 24.0 Å². The average Bonchev–Trinajstić information content (AvgIpc) is 2.49. The van der Waals surface area contributed by atoms with Crippen LogP contribution in [-0.2, 0) is 17.9 Å². The molecule has 0 saturated heterocycles. The molecule has 112 valence electrons.